The van der Waals surface area contributed by atoms with E-state index in [1.54, 1.807) is 18.3 Å². The SMILES string of the molecule is O=C1NC(=O)/C(=C/c2ccnc(N3CCC(CNCc4cccc(-c5ccc6[nH]ccc6c5)c4)CC3)n2)S1. The topological polar surface area (TPSA) is 103 Å². The number of hydrogen-bond donors (Lipinski definition) is 3. The minimum atomic E-state index is -0.376. The van der Waals surface area contributed by atoms with Crippen molar-refractivity contribution >= 4 is 45.8 Å². The van der Waals surface area contributed by atoms with E-state index < -0.39 is 0 Å². The number of benzene rings is 2. The molecule has 0 spiro atoms. The van der Waals surface area contributed by atoms with Crippen LogP contribution in [-0.2, 0) is 11.3 Å². The first-order valence-corrected chi connectivity index (χ1v) is 13.6. The van der Waals surface area contributed by atoms with Crippen molar-refractivity contribution in [2.75, 3.05) is 24.5 Å². The number of hydrogen-bond acceptors (Lipinski definition) is 7. The lowest BCUT2D eigenvalue weighted by Crippen LogP contribution is -2.38. The maximum atomic E-state index is 11.8. The summed E-state index contributed by atoms with van der Waals surface area (Å²) < 4.78 is 0. The largest absolute Gasteiger partial charge is 0.361 e. The van der Waals surface area contributed by atoms with Crippen molar-refractivity contribution in [1.82, 2.24) is 25.6 Å². The molecule has 0 saturated carbocycles. The summed E-state index contributed by atoms with van der Waals surface area (Å²) in [6, 6.07) is 19.1. The molecule has 2 aromatic carbocycles. The number of aromatic amines is 1. The van der Waals surface area contributed by atoms with Crippen molar-refractivity contribution in [3.8, 4) is 11.1 Å². The van der Waals surface area contributed by atoms with Crippen LogP contribution in [0.3, 0.4) is 0 Å². The molecule has 2 fully saturated rings. The van der Waals surface area contributed by atoms with Gasteiger partial charge in [0.1, 0.15) is 0 Å². The molecule has 6 rings (SSSR count). The van der Waals surface area contributed by atoms with Crippen LogP contribution in [0, 0.1) is 5.92 Å². The Hall–Kier alpha value is -3.95. The number of carbonyl (C=O) groups is 2. The molecule has 2 amide bonds. The third-order valence-corrected chi connectivity index (χ3v) is 7.87. The number of nitrogens with zero attached hydrogens (tertiary/aromatic N) is 3. The molecule has 38 heavy (non-hydrogen) atoms. The van der Waals surface area contributed by atoms with E-state index in [-0.39, 0.29) is 11.1 Å². The van der Waals surface area contributed by atoms with E-state index in [9.17, 15) is 9.59 Å². The quantitative estimate of drug-likeness (QED) is 0.294. The van der Waals surface area contributed by atoms with Crippen LogP contribution in [0.4, 0.5) is 10.7 Å². The molecule has 8 nitrogen and oxygen atoms in total. The Morgan fingerprint density at radius 3 is 2.76 bits per heavy atom. The van der Waals surface area contributed by atoms with E-state index in [0.717, 1.165) is 56.3 Å². The Labute approximate surface area is 224 Å². The fourth-order valence-electron chi connectivity index (χ4n) is 5.00. The van der Waals surface area contributed by atoms with Gasteiger partial charge in [-0.3, -0.25) is 14.9 Å². The second kappa shape index (κ2) is 10.8. The number of piperidine rings is 1. The molecule has 3 N–H and O–H groups in total. The molecule has 0 radical (unpaired) electrons. The first kappa shape index (κ1) is 24.4. The fraction of sp³-hybridized carbons (Fsp3) is 0.241. The van der Waals surface area contributed by atoms with Gasteiger partial charge in [-0.15, -0.1) is 0 Å². The summed E-state index contributed by atoms with van der Waals surface area (Å²) >= 11 is 0.896. The highest BCUT2D eigenvalue weighted by Gasteiger charge is 2.25. The van der Waals surface area contributed by atoms with Gasteiger partial charge in [0.2, 0.25) is 5.95 Å². The van der Waals surface area contributed by atoms with E-state index in [1.807, 2.05) is 6.20 Å². The minimum absolute atomic E-state index is 0.353. The Balaban J connectivity index is 1.01. The van der Waals surface area contributed by atoms with E-state index in [0.29, 0.717) is 22.5 Å². The van der Waals surface area contributed by atoms with Crippen molar-refractivity contribution in [2.24, 2.45) is 5.92 Å². The van der Waals surface area contributed by atoms with Crippen molar-refractivity contribution in [1.29, 1.82) is 0 Å². The lowest BCUT2D eigenvalue weighted by atomic mass is 9.96. The van der Waals surface area contributed by atoms with Gasteiger partial charge in [-0.05, 0) is 95.6 Å². The molecule has 0 aliphatic carbocycles. The monoisotopic (exact) mass is 524 g/mol. The minimum Gasteiger partial charge on any atom is -0.361 e. The number of thioether (sulfide) groups is 1. The normalized spacial score (nSPS) is 17.5. The molecule has 4 heterocycles. The average Bonchev–Trinajstić information content (AvgIpc) is 3.54. The summed E-state index contributed by atoms with van der Waals surface area (Å²) in [6.45, 7) is 3.59. The number of imide groups is 1. The Morgan fingerprint density at radius 1 is 1.05 bits per heavy atom. The fourth-order valence-corrected chi connectivity index (χ4v) is 5.67. The van der Waals surface area contributed by atoms with Crippen molar-refractivity contribution < 1.29 is 9.59 Å². The molecule has 2 saturated heterocycles. The van der Waals surface area contributed by atoms with Gasteiger partial charge in [-0.1, -0.05) is 24.3 Å². The smallest absolute Gasteiger partial charge is 0.290 e. The van der Waals surface area contributed by atoms with Crippen LogP contribution in [0.15, 0.2) is 71.9 Å². The lowest BCUT2D eigenvalue weighted by molar-refractivity contribution is -0.115. The highest BCUT2D eigenvalue weighted by molar-refractivity contribution is 8.18. The molecule has 0 bridgehead atoms. The maximum Gasteiger partial charge on any atom is 0.290 e. The molecular weight excluding hydrogens is 496 g/mol. The predicted octanol–water partition coefficient (Wildman–Crippen LogP) is 4.96. The van der Waals surface area contributed by atoms with Crippen molar-refractivity contribution in [3.05, 3.63) is 83.2 Å². The van der Waals surface area contributed by atoms with Gasteiger partial charge in [0, 0.05) is 37.5 Å². The van der Waals surface area contributed by atoms with Gasteiger partial charge < -0.3 is 15.2 Å². The Bertz CT molecular complexity index is 1520. The summed E-state index contributed by atoms with van der Waals surface area (Å²) in [5.41, 5.74) is 5.53. The van der Waals surface area contributed by atoms with Gasteiger partial charge in [-0.25, -0.2) is 9.97 Å². The standard InChI is InChI=1S/C29H28N6O2S/c36-27-26(38-29(37)34-27)16-24-7-11-32-28(33-24)35-12-8-19(9-13-35)17-30-18-20-2-1-3-21(14-20)22-4-5-25-23(15-22)6-10-31-25/h1-7,10-11,14-16,19,30-31H,8-9,12-13,17-18H2,(H,34,36,37)/b26-16-. The summed E-state index contributed by atoms with van der Waals surface area (Å²) in [5.74, 6) is 0.883. The molecule has 192 valence electrons. The van der Waals surface area contributed by atoms with E-state index in [2.05, 4.69) is 79.0 Å². The molecule has 0 unspecified atom stereocenters. The van der Waals surface area contributed by atoms with Gasteiger partial charge in [0.05, 0.1) is 10.6 Å². The third-order valence-electron chi connectivity index (χ3n) is 7.06. The molecule has 2 aliphatic heterocycles. The zero-order valence-electron chi connectivity index (χ0n) is 20.8. The first-order chi connectivity index (χ1) is 18.6. The van der Waals surface area contributed by atoms with Gasteiger partial charge >= 0.3 is 0 Å². The predicted molar refractivity (Wildman–Crippen MR) is 152 cm³/mol. The molecule has 4 aromatic rings. The van der Waals surface area contributed by atoms with E-state index in [4.69, 9.17) is 0 Å². The number of aromatic nitrogens is 3. The van der Waals surface area contributed by atoms with Crippen LogP contribution in [0.25, 0.3) is 28.1 Å². The number of carbonyl (C=O) groups excluding carboxylic acids is 2. The second-order valence-electron chi connectivity index (χ2n) is 9.68. The number of amides is 2. The van der Waals surface area contributed by atoms with E-state index in [1.165, 1.54) is 22.1 Å². The average molecular weight is 525 g/mol. The third kappa shape index (κ3) is 5.49. The second-order valence-corrected chi connectivity index (χ2v) is 10.7. The van der Waals surface area contributed by atoms with Crippen LogP contribution in [-0.4, -0.2) is 45.7 Å². The van der Waals surface area contributed by atoms with Crippen LogP contribution >= 0.6 is 11.8 Å². The Kier molecular flexibility index (Phi) is 6.94. The van der Waals surface area contributed by atoms with Crippen LogP contribution in [0.2, 0.25) is 0 Å². The van der Waals surface area contributed by atoms with Crippen molar-refractivity contribution in [2.45, 2.75) is 19.4 Å². The summed E-state index contributed by atoms with van der Waals surface area (Å²) in [4.78, 5) is 38.1. The number of H-pyrrole nitrogens is 1. The summed E-state index contributed by atoms with van der Waals surface area (Å²) in [6.07, 6.45) is 7.44. The highest BCUT2D eigenvalue weighted by atomic mass is 32.2. The van der Waals surface area contributed by atoms with E-state index >= 15 is 0 Å². The number of nitrogens with one attached hydrogen (secondary N) is 3. The number of anilines is 1. The maximum absolute atomic E-state index is 11.8. The van der Waals surface area contributed by atoms with Crippen LogP contribution in [0.1, 0.15) is 24.1 Å². The molecule has 0 atom stereocenters. The van der Waals surface area contributed by atoms with Crippen LogP contribution in [0.5, 0.6) is 0 Å². The summed E-state index contributed by atoms with van der Waals surface area (Å²) in [7, 11) is 0. The lowest BCUT2D eigenvalue weighted by Gasteiger charge is -2.32. The Morgan fingerprint density at radius 2 is 1.92 bits per heavy atom. The number of fused-ring (bicyclic) bond motifs is 1. The zero-order valence-corrected chi connectivity index (χ0v) is 21.6. The highest BCUT2D eigenvalue weighted by Crippen LogP contribution is 2.27. The van der Waals surface area contributed by atoms with Gasteiger partial charge in [-0.2, -0.15) is 0 Å². The molecular formula is C29H28N6O2S. The molecule has 2 aliphatic rings. The van der Waals surface area contributed by atoms with Crippen LogP contribution < -0.4 is 15.5 Å². The molecule has 2 aromatic heterocycles. The zero-order chi connectivity index (χ0) is 25.9. The van der Waals surface area contributed by atoms with Gasteiger partial charge in [0.15, 0.2) is 0 Å². The molecule has 9 heteroatoms. The van der Waals surface area contributed by atoms with Gasteiger partial charge in [0.25, 0.3) is 11.1 Å². The summed E-state index contributed by atoms with van der Waals surface area (Å²) in [5, 5.41) is 6.80. The number of rotatable bonds is 7. The first-order valence-electron chi connectivity index (χ1n) is 12.8. The van der Waals surface area contributed by atoms with Crippen molar-refractivity contribution in [3.63, 3.8) is 0 Å².